The minimum absolute atomic E-state index is 0.140. The zero-order chi connectivity index (χ0) is 21.7. The van der Waals surface area contributed by atoms with E-state index in [2.05, 4.69) is 25.3 Å². The van der Waals surface area contributed by atoms with Gasteiger partial charge in [-0.3, -0.25) is 0 Å². The van der Waals surface area contributed by atoms with Crippen molar-refractivity contribution >= 4 is 29.1 Å². The van der Waals surface area contributed by atoms with E-state index in [1.807, 2.05) is 13.0 Å². The van der Waals surface area contributed by atoms with Gasteiger partial charge in [-0.05, 0) is 36.8 Å². The Morgan fingerprint density at radius 1 is 1.10 bits per heavy atom. The molecular weight excluding hydrogens is 421 g/mol. The number of benzene rings is 2. The number of hydrogen-bond donors (Lipinski definition) is 3. The molecule has 158 valence electrons. The fraction of sp³-hybridized carbons (Fsp3) is 0.200. The maximum Gasteiger partial charge on any atom is 0.573 e. The van der Waals surface area contributed by atoms with Gasteiger partial charge in [0.05, 0.1) is 12.3 Å². The van der Waals surface area contributed by atoms with Crippen LogP contribution in [0.15, 0.2) is 48.5 Å². The molecule has 6 nitrogen and oxygen atoms in total. The van der Waals surface area contributed by atoms with Crippen molar-refractivity contribution < 1.29 is 23.0 Å². The molecule has 10 heteroatoms. The highest BCUT2D eigenvalue weighted by Crippen LogP contribution is 2.30. The van der Waals surface area contributed by atoms with Crippen molar-refractivity contribution in [2.24, 2.45) is 0 Å². The fourth-order valence-electron chi connectivity index (χ4n) is 2.63. The molecule has 0 atom stereocenters. The van der Waals surface area contributed by atoms with E-state index in [0.29, 0.717) is 22.1 Å². The predicted octanol–water partition coefficient (Wildman–Crippen LogP) is 5.15. The Labute approximate surface area is 175 Å². The second-order valence-electron chi connectivity index (χ2n) is 6.27. The zero-order valence-electron chi connectivity index (χ0n) is 15.8. The summed E-state index contributed by atoms with van der Waals surface area (Å²) in [6.07, 6.45) is -4.80. The quantitative estimate of drug-likeness (QED) is 0.473. The lowest BCUT2D eigenvalue weighted by Gasteiger charge is -2.14. The summed E-state index contributed by atoms with van der Waals surface area (Å²) in [6, 6.07) is 12.4. The first-order valence-corrected chi connectivity index (χ1v) is 9.24. The van der Waals surface area contributed by atoms with Crippen LogP contribution in [0.4, 0.5) is 30.6 Å². The van der Waals surface area contributed by atoms with E-state index < -0.39 is 6.36 Å². The van der Waals surface area contributed by atoms with E-state index in [4.69, 9.17) is 16.7 Å². The summed E-state index contributed by atoms with van der Waals surface area (Å²) in [4.78, 5) is 8.67. The van der Waals surface area contributed by atoms with Crippen molar-refractivity contribution in [3.05, 3.63) is 59.1 Å². The number of halogens is 4. The van der Waals surface area contributed by atoms with Crippen molar-refractivity contribution in [1.29, 1.82) is 0 Å². The molecule has 2 aromatic carbocycles. The lowest BCUT2D eigenvalue weighted by atomic mass is 10.1. The first-order chi connectivity index (χ1) is 14.2. The Morgan fingerprint density at radius 2 is 1.90 bits per heavy atom. The van der Waals surface area contributed by atoms with Gasteiger partial charge in [0.1, 0.15) is 11.6 Å². The molecule has 0 saturated carbocycles. The number of ether oxygens (including phenoxy) is 1. The molecule has 0 saturated heterocycles. The van der Waals surface area contributed by atoms with E-state index in [1.165, 1.54) is 18.2 Å². The Hall–Kier alpha value is -3.04. The number of nitrogens with zero attached hydrogens (tertiary/aromatic N) is 2. The average Bonchev–Trinajstić information content (AvgIpc) is 2.68. The molecule has 1 heterocycles. The van der Waals surface area contributed by atoms with Gasteiger partial charge in [-0.2, -0.15) is 4.98 Å². The van der Waals surface area contributed by atoms with E-state index >= 15 is 0 Å². The second kappa shape index (κ2) is 9.19. The lowest BCUT2D eigenvalue weighted by Crippen LogP contribution is -2.17. The molecule has 1 aromatic heterocycles. The molecule has 0 aliphatic rings. The highest BCUT2D eigenvalue weighted by molar-refractivity contribution is 6.30. The van der Waals surface area contributed by atoms with E-state index in [9.17, 15) is 13.2 Å². The van der Waals surface area contributed by atoms with Crippen LogP contribution in [0.1, 0.15) is 5.56 Å². The third kappa shape index (κ3) is 5.98. The summed E-state index contributed by atoms with van der Waals surface area (Å²) in [7, 11) is 0. The van der Waals surface area contributed by atoms with Crippen molar-refractivity contribution in [1.82, 2.24) is 9.97 Å². The highest BCUT2D eigenvalue weighted by atomic mass is 35.5. The lowest BCUT2D eigenvalue weighted by molar-refractivity contribution is -0.274. The third-order valence-electron chi connectivity index (χ3n) is 3.95. The molecule has 3 rings (SSSR count). The van der Waals surface area contributed by atoms with Crippen LogP contribution in [0.3, 0.4) is 0 Å². The van der Waals surface area contributed by atoms with Crippen molar-refractivity contribution in [3.63, 3.8) is 0 Å². The van der Waals surface area contributed by atoms with Crippen LogP contribution in [-0.2, 0) is 0 Å². The van der Waals surface area contributed by atoms with Gasteiger partial charge in [0.2, 0.25) is 5.95 Å². The van der Waals surface area contributed by atoms with Crippen molar-refractivity contribution in [3.8, 4) is 17.0 Å². The minimum Gasteiger partial charge on any atom is -0.406 e. The number of alkyl halides is 3. The number of hydrogen-bond acceptors (Lipinski definition) is 6. The van der Waals surface area contributed by atoms with Gasteiger partial charge in [0, 0.05) is 28.9 Å². The molecule has 30 heavy (non-hydrogen) atoms. The van der Waals surface area contributed by atoms with Crippen LogP contribution in [-0.4, -0.2) is 34.6 Å². The summed E-state index contributed by atoms with van der Waals surface area (Å²) < 4.78 is 41.7. The largest absolute Gasteiger partial charge is 0.573 e. The van der Waals surface area contributed by atoms with E-state index in [0.717, 1.165) is 11.3 Å². The van der Waals surface area contributed by atoms with Gasteiger partial charge in [-0.25, -0.2) is 4.98 Å². The molecule has 0 spiro atoms. The summed E-state index contributed by atoms with van der Waals surface area (Å²) in [5.74, 6) is 0.238. The number of anilines is 3. The van der Waals surface area contributed by atoms with Gasteiger partial charge in [0.25, 0.3) is 0 Å². The first-order valence-electron chi connectivity index (χ1n) is 8.87. The smallest absolute Gasteiger partial charge is 0.406 e. The Balaban J connectivity index is 1.99. The molecule has 0 bridgehead atoms. The zero-order valence-corrected chi connectivity index (χ0v) is 16.6. The van der Waals surface area contributed by atoms with Crippen LogP contribution >= 0.6 is 11.6 Å². The first kappa shape index (κ1) is 21.7. The average molecular weight is 439 g/mol. The number of aromatic nitrogens is 2. The second-order valence-corrected chi connectivity index (χ2v) is 6.71. The number of aliphatic hydroxyl groups is 1. The number of aryl methyl sites for hydroxylation is 1. The molecule has 0 fully saturated rings. The van der Waals surface area contributed by atoms with Gasteiger partial charge >= 0.3 is 6.36 Å². The van der Waals surface area contributed by atoms with Crippen LogP contribution < -0.4 is 15.4 Å². The van der Waals surface area contributed by atoms with Crippen molar-refractivity contribution in [2.45, 2.75) is 13.3 Å². The maximum atomic E-state index is 12.6. The van der Waals surface area contributed by atoms with E-state index in [1.54, 1.807) is 24.3 Å². The summed E-state index contributed by atoms with van der Waals surface area (Å²) in [5, 5.41) is 15.6. The highest BCUT2D eigenvalue weighted by Gasteiger charge is 2.31. The normalized spacial score (nSPS) is 11.3. The van der Waals surface area contributed by atoms with Crippen LogP contribution in [0.25, 0.3) is 11.3 Å². The van der Waals surface area contributed by atoms with Crippen molar-refractivity contribution in [2.75, 3.05) is 23.8 Å². The Morgan fingerprint density at radius 3 is 2.63 bits per heavy atom. The fourth-order valence-corrected chi connectivity index (χ4v) is 2.80. The number of rotatable bonds is 7. The third-order valence-corrected chi connectivity index (χ3v) is 4.18. The Bertz CT molecular complexity index is 1030. The van der Waals surface area contributed by atoms with Gasteiger partial charge in [-0.1, -0.05) is 29.8 Å². The SMILES string of the molecule is Cc1ccc(Cl)cc1Nc1cc(-c2cccc(OC(F)(F)F)c2)nc(NCCO)n1. The molecule has 0 aliphatic carbocycles. The van der Waals surface area contributed by atoms with Crippen LogP contribution in [0.5, 0.6) is 5.75 Å². The minimum atomic E-state index is -4.80. The predicted molar refractivity (Wildman–Crippen MR) is 109 cm³/mol. The number of nitrogens with one attached hydrogen (secondary N) is 2. The summed E-state index contributed by atoms with van der Waals surface area (Å²) in [6.45, 7) is 1.96. The van der Waals surface area contributed by atoms with Gasteiger partial charge < -0.3 is 20.5 Å². The standard InChI is InChI=1S/C20H18ClF3N4O2/c1-12-5-6-14(21)10-16(12)26-18-11-17(27-19(28-18)25-7-8-29)13-3-2-4-15(9-13)30-20(22,23)24/h2-6,9-11,29H,7-8H2,1H3,(H2,25,26,27,28). The molecular formula is C20H18ClF3N4O2. The van der Waals surface area contributed by atoms with Crippen LogP contribution in [0.2, 0.25) is 5.02 Å². The summed E-state index contributed by atoms with van der Waals surface area (Å²) >= 11 is 6.06. The Kier molecular flexibility index (Phi) is 6.63. The molecule has 0 radical (unpaired) electrons. The summed E-state index contributed by atoms with van der Waals surface area (Å²) in [5.41, 5.74) is 2.40. The molecule has 3 N–H and O–H groups in total. The topological polar surface area (TPSA) is 79.3 Å². The monoisotopic (exact) mass is 438 g/mol. The van der Waals surface area contributed by atoms with Crippen LogP contribution in [0, 0.1) is 6.92 Å². The molecule has 0 aliphatic heterocycles. The van der Waals surface area contributed by atoms with E-state index in [-0.39, 0.29) is 24.8 Å². The van der Waals surface area contributed by atoms with Gasteiger partial charge in [-0.15, -0.1) is 13.2 Å². The van der Waals surface area contributed by atoms with Gasteiger partial charge in [0.15, 0.2) is 0 Å². The molecule has 0 unspecified atom stereocenters. The maximum absolute atomic E-state index is 12.6. The molecule has 3 aromatic rings. The number of aliphatic hydroxyl groups excluding tert-OH is 1. The molecule has 0 amide bonds.